The Morgan fingerprint density at radius 3 is 2.12 bits per heavy atom. The van der Waals surface area contributed by atoms with Crippen LogP contribution in [0.5, 0.6) is 0 Å². The summed E-state index contributed by atoms with van der Waals surface area (Å²) in [5.74, 6) is 1.54. The third-order valence-corrected chi connectivity index (χ3v) is 5.87. The molecular weight excluding hydrogens is 324 g/mol. The van der Waals surface area contributed by atoms with Gasteiger partial charge in [0.2, 0.25) is 11.8 Å². The molecule has 1 aromatic heterocycles. The van der Waals surface area contributed by atoms with Gasteiger partial charge in [-0.25, -0.2) is 4.79 Å². The van der Waals surface area contributed by atoms with Crippen LogP contribution in [0, 0.1) is 5.41 Å². The lowest BCUT2D eigenvalue weighted by atomic mass is 9.34. The summed E-state index contributed by atoms with van der Waals surface area (Å²) in [6, 6.07) is 0. The minimum absolute atomic E-state index is 0.116. The average Bonchev–Trinajstić information content (AvgIpc) is 2.94. The number of rotatable bonds is 2. The predicted molar refractivity (Wildman–Crippen MR) is 87.1 cm³/mol. The molecule has 0 aromatic carbocycles. The number of hydrogen-bond acceptors (Lipinski definition) is 5. The van der Waals surface area contributed by atoms with Crippen molar-refractivity contribution < 1.29 is 19.2 Å². The number of piperazine rings is 1. The van der Waals surface area contributed by atoms with Crippen molar-refractivity contribution in [2.75, 3.05) is 26.2 Å². The van der Waals surface area contributed by atoms with E-state index in [1.807, 2.05) is 25.7 Å². The van der Waals surface area contributed by atoms with Crippen LogP contribution in [0.15, 0.2) is 4.52 Å². The monoisotopic (exact) mass is 348 g/mol. The van der Waals surface area contributed by atoms with Crippen LogP contribution in [0.1, 0.15) is 51.7 Å². The minimum Gasteiger partial charge on any atom is -0.465 e. The second-order valence-electron chi connectivity index (χ2n) is 8.83. The van der Waals surface area contributed by atoms with Crippen LogP contribution in [-0.2, 0) is 15.6 Å². The highest BCUT2D eigenvalue weighted by Crippen LogP contribution is 2.73. The van der Waals surface area contributed by atoms with Gasteiger partial charge in [-0.05, 0) is 19.3 Å². The molecular formula is C17H24N4O4. The van der Waals surface area contributed by atoms with E-state index in [0.29, 0.717) is 37.9 Å². The predicted octanol–water partition coefficient (Wildman–Crippen LogP) is 1.61. The van der Waals surface area contributed by atoms with Crippen molar-refractivity contribution in [2.24, 2.45) is 5.41 Å². The molecule has 2 bridgehead atoms. The normalized spacial score (nSPS) is 31.3. The van der Waals surface area contributed by atoms with Crippen LogP contribution in [0.3, 0.4) is 0 Å². The molecule has 1 aromatic rings. The first-order valence-electron chi connectivity index (χ1n) is 8.77. The zero-order chi connectivity index (χ0) is 18.0. The van der Waals surface area contributed by atoms with Gasteiger partial charge in [0.15, 0.2) is 5.82 Å². The van der Waals surface area contributed by atoms with Crippen molar-refractivity contribution in [1.29, 1.82) is 0 Å². The smallest absolute Gasteiger partial charge is 0.407 e. The van der Waals surface area contributed by atoms with E-state index >= 15 is 0 Å². The summed E-state index contributed by atoms with van der Waals surface area (Å²) in [6.45, 7) is 7.88. The van der Waals surface area contributed by atoms with Gasteiger partial charge in [-0.15, -0.1) is 0 Å². The molecule has 2 amide bonds. The van der Waals surface area contributed by atoms with E-state index in [1.54, 1.807) is 0 Å². The molecule has 0 atom stereocenters. The summed E-state index contributed by atoms with van der Waals surface area (Å²) in [5.41, 5.74) is -0.556. The van der Waals surface area contributed by atoms with E-state index in [0.717, 1.165) is 19.3 Å². The van der Waals surface area contributed by atoms with E-state index in [4.69, 9.17) is 9.63 Å². The fraction of sp³-hybridized carbons (Fsp3) is 0.765. The summed E-state index contributed by atoms with van der Waals surface area (Å²) in [6.07, 6.45) is 1.39. The maximum Gasteiger partial charge on any atom is 0.407 e. The molecule has 4 aliphatic rings. The molecule has 136 valence electrons. The standard InChI is InChI=1S/C17H24N4O4/c1-15(2,3)11-18-12(25-19-11)16-8-17(9-16,10-16)13(22)20-4-6-21(7-5-20)14(23)24/h4-10H2,1-3H3,(H,23,24). The van der Waals surface area contributed by atoms with Gasteiger partial charge in [-0.3, -0.25) is 4.79 Å². The van der Waals surface area contributed by atoms with E-state index in [9.17, 15) is 9.59 Å². The number of carbonyl (C=O) groups is 2. The Hall–Kier alpha value is -2.12. The van der Waals surface area contributed by atoms with E-state index in [1.165, 1.54) is 4.90 Å². The maximum atomic E-state index is 12.8. The Balaban J connectivity index is 1.38. The van der Waals surface area contributed by atoms with Crippen LogP contribution in [0.25, 0.3) is 0 Å². The molecule has 8 nitrogen and oxygen atoms in total. The van der Waals surface area contributed by atoms with Gasteiger partial charge in [-0.2, -0.15) is 4.98 Å². The van der Waals surface area contributed by atoms with E-state index < -0.39 is 6.09 Å². The van der Waals surface area contributed by atoms with Crippen LogP contribution in [-0.4, -0.2) is 63.2 Å². The van der Waals surface area contributed by atoms with Crippen LogP contribution in [0.2, 0.25) is 0 Å². The third-order valence-electron chi connectivity index (χ3n) is 5.87. The molecule has 4 fully saturated rings. The lowest BCUT2D eigenvalue weighted by Gasteiger charge is -2.68. The Bertz CT molecular complexity index is 707. The fourth-order valence-electron chi connectivity index (χ4n) is 4.42. The molecule has 8 heteroatoms. The van der Waals surface area contributed by atoms with Gasteiger partial charge < -0.3 is 19.4 Å². The summed E-state index contributed by atoms with van der Waals surface area (Å²) in [4.78, 5) is 31.6. The van der Waals surface area contributed by atoms with Crippen LogP contribution in [0.4, 0.5) is 4.79 Å². The lowest BCUT2D eigenvalue weighted by Crippen LogP contribution is -2.71. The van der Waals surface area contributed by atoms with Crippen molar-refractivity contribution in [3.8, 4) is 0 Å². The van der Waals surface area contributed by atoms with Crippen molar-refractivity contribution in [1.82, 2.24) is 19.9 Å². The Morgan fingerprint density at radius 1 is 1.08 bits per heavy atom. The van der Waals surface area contributed by atoms with Crippen molar-refractivity contribution in [3.63, 3.8) is 0 Å². The maximum absolute atomic E-state index is 12.8. The first-order chi connectivity index (χ1) is 11.7. The van der Waals surface area contributed by atoms with Crippen molar-refractivity contribution in [2.45, 2.75) is 50.9 Å². The second kappa shape index (κ2) is 4.95. The summed E-state index contributed by atoms with van der Waals surface area (Å²) >= 11 is 0. The number of aromatic nitrogens is 2. The largest absolute Gasteiger partial charge is 0.465 e. The van der Waals surface area contributed by atoms with Gasteiger partial charge in [0, 0.05) is 31.6 Å². The van der Waals surface area contributed by atoms with Crippen molar-refractivity contribution in [3.05, 3.63) is 11.7 Å². The molecule has 1 N–H and O–H groups in total. The third kappa shape index (κ3) is 2.33. The molecule has 0 unspecified atom stereocenters. The van der Waals surface area contributed by atoms with Gasteiger partial charge in [0.1, 0.15) is 0 Å². The quantitative estimate of drug-likeness (QED) is 0.871. The van der Waals surface area contributed by atoms with Gasteiger partial charge >= 0.3 is 6.09 Å². The highest BCUT2D eigenvalue weighted by Gasteiger charge is 2.75. The molecule has 3 saturated carbocycles. The first kappa shape index (κ1) is 16.4. The zero-order valence-corrected chi connectivity index (χ0v) is 14.9. The van der Waals surface area contributed by atoms with Crippen LogP contribution >= 0.6 is 0 Å². The molecule has 2 heterocycles. The summed E-state index contributed by atoms with van der Waals surface area (Å²) < 4.78 is 5.49. The Morgan fingerprint density at radius 2 is 1.64 bits per heavy atom. The lowest BCUT2D eigenvalue weighted by molar-refractivity contribution is -0.193. The minimum atomic E-state index is -0.914. The van der Waals surface area contributed by atoms with Crippen LogP contribution < -0.4 is 0 Å². The SMILES string of the molecule is CC(C)(C)c1noc(C23CC(C(=O)N4CCN(C(=O)O)CC4)(C2)C3)n1. The fourth-order valence-corrected chi connectivity index (χ4v) is 4.42. The molecule has 3 aliphatic carbocycles. The Kier molecular flexibility index (Phi) is 3.24. The molecule has 0 radical (unpaired) electrons. The number of carbonyl (C=O) groups excluding carboxylic acids is 1. The molecule has 1 aliphatic heterocycles. The molecule has 25 heavy (non-hydrogen) atoms. The Labute approximate surface area is 146 Å². The van der Waals surface area contributed by atoms with Crippen molar-refractivity contribution >= 4 is 12.0 Å². The van der Waals surface area contributed by atoms with Gasteiger partial charge in [0.05, 0.1) is 10.8 Å². The van der Waals surface area contributed by atoms with E-state index in [-0.39, 0.29) is 22.2 Å². The molecule has 5 rings (SSSR count). The number of carboxylic acid groups (broad SMARTS) is 1. The zero-order valence-electron chi connectivity index (χ0n) is 14.9. The highest BCUT2D eigenvalue weighted by molar-refractivity contribution is 5.87. The van der Waals surface area contributed by atoms with Gasteiger partial charge in [-0.1, -0.05) is 25.9 Å². The number of nitrogens with zero attached hydrogens (tertiary/aromatic N) is 4. The van der Waals surface area contributed by atoms with E-state index in [2.05, 4.69) is 10.1 Å². The summed E-state index contributed by atoms with van der Waals surface area (Å²) in [5, 5.41) is 13.1. The number of amides is 2. The highest BCUT2D eigenvalue weighted by atomic mass is 16.5. The molecule has 0 spiro atoms. The first-order valence-corrected chi connectivity index (χ1v) is 8.77. The summed E-state index contributed by atoms with van der Waals surface area (Å²) in [7, 11) is 0. The molecule has 1 saturated heterocycles. The second-order valence-corrected chi connectivity index (χ2v) is 8.83. The number of hydrogen-bond donors (Lipinski definition) is 1. The van der Waals surface area contributed by atoms with Gasteiger partial charge in [0.25, 0.3) is 0 Å². The topological polar surface area (TPSA) is 99.8 Å². The average molecular weight is 348 g/mol.